The number of nitrogens with one attached hydrogen (secondary N) is 4. The number of nitrogens with zero attached hydrogens (tertiary/aromatic N) is 3. The lowest BCUT2D eigenvalue weighted by molar-refractivity contribution is -0.121. The molecule has 1 saturated heterocycles. The Bertz CT molecular complexity index is 1490. The molecule has 0 spiro atoms. The maximum Gasteiger partial charge on any atom is 0.410 e. The zero-order valence-electron chi connectivity index (χ0n) is 24.8. The highest BCUT2D eigenvalue weighted by atomic mass is 35.5. The third kappa shape index (κ3) is 8.71. The summed E-state index contributed by atoms with van der Waals surface area (Å²) in [5.41, 5.74) is 1.75. The van der Waals surface area contributed by atoms with Crippen LogP contribution in [0.15, 0.2) is 48.7 Å². The molecule has 4 N–H and O–H groups in total. The molecule has 0 atom stereocenters. The van der Waals surface area contributed by atoms with E-state index in [1.54, 1.807) is 41.3 Å². The van der Waals surface area contributed by atoms with Gasteiger partial charge >= 0.3 is 6.09 Å². The number of halogens is 1. The Hall–Kier alpha value is -4.58. The van der Waals surface area contributed by atoms with Crippen LogP contribution in [0.25, 0.3) is 0 Å². The van der Waals surface area contributed by atoms with Crippen molar-refractivity contribution >= 4 is 64.0 Å². The largest absolute Gasteiger partial charge is 0.494 e. The molecular weight excluding hydrogens is 574 g/mol. The SMILES string of the molecule is COc1cc(NC(=O)C2CCN(C(=O)OC(C)(C)C)CC2)ccc1Nc1ncc(Cl)c(Nc2ccccc2NC(C)=O)n1. The van der Waals surface area contributed by atoms with Crippen LogP contribution in [0.2, 0.25) is 5.02 Å². The first-order chi connectivity index (χ1) is 20.4. The lowest BCUT2D eigenvalue weighted by Crippen LogP contribution is -2.43. The predicted molar refractivity (Wildman–Crippen MR) is 167 cm³/mol. The molecule has 0 bridgehead atoms. The van der Waals surface area contributed by atoms with Gasteiger partial charge in [0.05, 0.1) is 30.4 Å². The van der Waals surface area contributed by atoms with Crippen LogP contribution >= 0.6 is 11.6 Å². The molecule has 1 aromatic heterocycles. The standard InChI is InChI=1S/C30H36ClN7O5/c1-18(39)33-22-8-6-7-9-23(22)35-26-21(31)17-32-28(37-26)36-24-11-10-20(16-25(24)42-5)34-27(40)19-12-14-38(15-13-19)29(41)43-30(2,3)4/h6-11,16-17,19H,12-15H2,1-5H3,(H,33,39)(H,34,40)(H2,32,35,36,37). The van der Waals surface area contributed by atoms with Crippen LogP contribution in [0.5, 0.6) is 5.75 Å². The van der Waals surface area contributed by atoms with Crippen LogP contribution in [0, 0.1) is 5.92 Å². The molecule has 43 heavy (non-hydrogen) atoms. The normalized spacial score (nSPS) is 13.6. The molecule has 4 rings (SSSR count). The van der Waals surface area contributed by atoms with Gasteiger partial charge in [-0.2, -0.15) is 4.98 Å². The van der Waals surface area contributed by atoms with Crippen LogP contribution in [-0.4, -0.2) is 58.6 Å². The van der Waals surface area contributed by atoms with Gasteiger partial charge in [-0.15, -0.1) is 0 Å². The highest BCUT2D eigenvalue weighted by molar-refractivity contribution is 6.33. The van der Waals surface area contributed by atoms with E-state index >= 15 is 0 Å². The number of carbonyl (C=O) groups excluding carboxylic acids is 3. The number of likely N-dealkylation sites (tertiary alicyclic amines) is 1. The van der Waals surface area contributed by atoms with Gasteiger partial charge in [-0.05, 0) is 57.9 Å². The Kier molecular flexibility index (Phi) is 9.92. The molecule has 0 unspecified atom stereocenters. The van der Waals surface area contributed by atoms with Crippen molar-refractivity contribution in [3.8, 4) is 5.75 Å². The van der Waals surface area contributed by atoms with Crippen molar-refractivity contribution in [2.24, 2.45) is 5.92 Å². The molecule has 0 aliphatic carbocycles. The van der Waals surface area contributed by atoms with Crippen molar-refractivity contribution in [3.63, 3.8) is 0 Å². The number of para-hydroxylation sites is 2. The average molecular weight is 610 g/mol. The zero-order valence-corrected chi connectivity index (χ0v) is 25.5. The molecule has 2 aromatic carbocycles. The molecule has 1 fully saturated rings. The second-order valence-electron chi connectivity index (χ2n) is 11.0. The third-order valence-corrected chi connectivity index (χ3v) is 6.74. The van der Waals surface area contributed by atoms with Crippen molar-refractivity contribution in [1.29, 1.82) is 0 Å². The minimum Gasteiger partial charge on any atom is -0.494 e. The van der Waals surface area contributed by atoms with Gasteiger partial charge < -0.3 is 35.6 Å². The molecular formula is C30H36ClN7O5. The minimum atomic E-state index is -0.564. The molecule has 228 valence electrons. The Morgan fingerprint density at radius 3 is 2.33 bits per heavy atom. The number of benzene rings is 2. The summed E-state index contributed by atoms with van der Waals surface area (Å²) in [4.78, 5) is 47.3. The number of methoxy groups -OCH3 is 1. The summed E-state index contributed by atoms with van der Waals surface area (Å²) in [7, 11) is 1.52. The maximum atomic E-state index is 13.0. The third-order valence-electron chi connectivity index (χ3n) is 6.47. The monoisotopic (exact) mass is 609 g/mol. The van der Waals surface area contributed by atoms with Gasteiger partial charge in [0.25, 0.3) is 0 Å². The summed E-state index contributed by atoms with van der Waals surface area (Å²) in [6.45, 7) is 7.82. The summed E-state index contributed by atoms with van der Waals surface area (Å²) in [5.74, 6) is 0.477. The molecule has 3 amide bonds. The van der Waals surface area contributed by atoms with E-state index in [0.717, 1.165) is 0 Å². The predicted octanol–water partition coefficient (Wildman–Crippen LogP) is 6.17. The van der Waals surface area contributed by atoms with E-state index in [9.17, 15) is 14.4 Å². The summed E-state index contributed by atoms with van der Waals surface area (Å²) < 4.78 is 11.0. The number of anilines is 6. The number of carbonyl (C=O) groups is 3. The summed E-state index contributed by atoms with van der Waals surface area (Å²) in [5, 5.41) is 12.3. The van der Waals surface area contributed by atoms with Crippen molar-refractivity contribution in [1.82, 2.24) is 14.9 Å². The quantitative estimate of drug-likeness (QED) is 0.235. The Morgan fingerprint density at radius 2 is 1.67 bits per heavy atom. The lowest BCUT2D eigenvalue weighted by atomic mass is 9.96. The van der Waals surface area contributed by atoms with Gasteiger partial charge in [-0.1, -0.05) is 23.7 Å². The van der Waals surface area contributed by atoms with Crippen molar-refractivity contribution < 1.29 is 23.9 Å². The fraction of sp³-hybridized carbons (Fsp3) is 0.367. The second kappa shape index (κ2) is 13.6. The van der Waals surface area contributed by atoms with E-state index in [1.807, 2.05) is 26.8 Å². The number of hydrogen-bond donors (Lipinski definition) is 4. The van der Waals surface area contributed by atoms with Gasteiger partial charge in [0.1, 0.15) is 16.4 Å². The number of amides is 3. The van der Waals surface area contributed by atoms with E-state index in [1.165, 1.54) is 20.2 Å². The van der Waals surface area contributed by atoms with Gasteiger partial charge in [-0.3, -0.25) is 9.59 Å². The molecule has 3 aromatic rings. The first kappa shape index (κ1) is 31.4. The summed E-state index contributed by atoms with van der Waals surface area (Å²) in [6, 6.07) is 12.4. The molecule has 1 aliphatic rings. The fourth-order valence-corrected chi connectivity index (χ4v) is 4.56. The topological polar surface area (TPSA) is 147 Å². The number of rotatable bonds is 8. The Morgan fingerprint density at radius 1 is 0.977 bits per heavy atom. The molecule has 2 heterocycles. The van der Waals surface area contributed by atoms with Crippen molar-refractivity contribution in [3.05, 3.63) is 53.7 Å². The number of aromatic nitrogens is 2. The van der Waals surface area contributed by atoms with E-state index in [0.29, 0.717) is 60.2 Å². The number of hydrogen-bond acceptors (Lipinski definition) is 9. The number of piperidine rings is 1. The minimum absolute atomic E-state index is 0.122. The zero-order chi connectivity index (χ0) is 31.1. The van der Waals surface area contributed by atoms with Gasteiger partial charge in [-0.25, -0.2) is 9.78 Å². The van der Waals surface area contributed by atoms with Crippen LogP contribution < -0.4 is 26.0 Å². The van der Waals surface area contributed by atoms with Crippen LogP contribution in [0.3, 0.4) is 0 Å². The Labute approximate surface area is 255 Å². The van der Waals surface area contributed by atoms with Crippen molar-refractivity contribution in [2.45, 2.75) is 46.1 Å². The molecule has 0 radical (unpaired) electrons. The summed E-state index contributed by atoms with van der Waals surface area (Å²) in [6.07, 6.45) is 2.18. The summed E-state index contributed by atoms with van der Waals surface area (Å²) >= 11 is 6.35. The first-order valence-corrected chi connectivity index (χ1v) is 14.2. The van der Waals surface area contributed by atoms with Crippen molar-refractivity contribution in [2.75, 3.05) is 41.5 Å². The van der Waals surface area contributed by atoms with Gasteiger partial charge in [0, 0.05) is 37.7 Å². The fourth-order valence-electron chi connectivity index (χ4n) is 4.42. The first-order valence-electron chi connectivity index (χ1n) is 13.8. The van der Waals surface area contributed by atoms with E-state index in [-0.39, 0.29) is 34.8 Å². The second-order valence-corrected chi connectivity index (χ2v) is 11.4. The van der Waals surface area contributed by atoms with Gasteiger partial charge in [0.15, 0.2) is 5.82 Å². The maximum absolute atomic E-state index is 13.0. The van der Waals surface area contributed by atoms with E-state index in [2.05, 4.69) is 31.2 Å². The van der Waals surface area contributed by atoms with Crippen LogP contribution in [0.4, 0.5) is 39.3 Å². The molecule has 0 saturated carbocycles. The number of ether oxygens (including phenoxy) is 2. The molecule has 12 nitrogen and oxygen atoms in total. The van der Waals surface area contributed by atoms with Gasteiger partial charge in [0.2, 0.25) is 17.8 Å². The van der Waals surface area contributed by atoms with Crippen LogP contribution in [0.1, 0.15) is 40.5 Å². The van der Waals surface area contributed by atoms with E-state index in [4.69, 9.17) is 21.1 Å². The Balaban J connectivity index is 1.40. The average Bonchev–Trinajstić information content (AvgIpc) is 2.95. The smallest absolute Gasteiger partial charge is 0.410 e. The molecule has 1 aliphatic heterocycles. The highest BCUT2D eigenvalue weighted by Crippen LogP contribution is 2.33. The van der Waals surface area contributed by atoms with Crippen LogP contribution in [-0.2, 0) is 14.3 Å². The van der Waals surface area contributed by atoms with E-state index < -0.39 is 5.60 Å². The highest BCUT2D eigenvalue weighted by Gasteiger charge is 2.30. The lowest BCUT2D eigenvalue weighted by Gasteiger charge is -2.32. The molecule has 13 heteroatoms.